The fourth-order valence-electron chi connectivity index (χ4n) is 1.97. The second-order valence-electron chi connectivity index (χ2n) is 4.24. The Balaban J connectivity index is 2.66. The van der Waals surface area contributed by atoms with Crippen molar-refractivity contribution in [2.24, 2.45) is 0 Å². The van der Waals surface area contributed by atoms with E-state index in [1.807, 2.05) is 34.6 Å². The maximum atomic E-state index is 11.6. The minimum atomic E-state index is -0.237. The summed E-state index contributed by atoms with van der Waals surface area (Å²) in [5.41, 5.74) is 1.90. The monoisotopic (exact) mass is 239 g/mol. The van der Waals surface area contributed by atoms with Crippen molar-refractivity contribution in [3.05, 3.63) is 17.0 Å². The number of likely N-dealkylation sites (N-methyl/N-ethyl adjacent to an activating group) is 1. The molecule has 1 heterocycles. The molecule has 1 rings (SSSR count). The van der Waals surface area contributed by atoms with Crippen LogP contribution in [0.15, 0.2) is 4.52 Å². The lowest BCUT2D eigenvalue weighted by atomic mass is 10.1. The molecule has 1 aromatic rings. The first-order valence-electron chi connectivity index (χ1n) is 5.93. The third kappa shape index (κ3) is 3.30. The van der Waals surface area contributed by atoms with Gasteiger partial charge in [-0.3, -0.25) is 10.1 Å². The summed E-state index contributed by atoms with van der Waals surface area (Å²) < 4.78 is 5.12. The van der Waals surface area contributed by atoms with Crippen molar-refractivity contribution in [3.63, 3.8) is 0 Å². The van der Waals surface area contributed by atoms with Crippen molar-refractivity contribution in [1.82, 2.24) is 15.8 Å². The second kappa shape index (κ2) is 5.82. The van der Waals surface area contributed by atoms with Gasteiger partial charge in [0.2, 0.25) is 5.91 Å². The largest absolute Gasteiger partial charge is 0.361 e. The Kier molecular flexibility index (Phi) is 4.69. The number of carbonyl (C=O) groups excluding carboxylic acids is 1. The predicted molar refractivity (Wildman–Crippen MR) is 65.7 cm³/mol. The first-order valence-corrected chi connectivity index (χ1v) is 5.93. The lowest BCUT2D eigenvalue weighted by Crippen LogP contribution is -2.43. The minimum Gasteiger partial charge on any atom is -0.361 e. The van der Waals surface area contributed by atoms with Crippen LogP contribution in [-0.4, -0.2) is 23.7 Å². The Morgan fingerprint density at radius 2 is 2.06 bits per heavy atom. The van der Waals surface area contributed by atoms with E-state index in [-0.39, 0.29) is 18.0 Å². The highest BCUT2D eigenvalue weighted by Crippen LogP contribution is 2.21. The van der Waals surface area contributed by atoms with Crippen LogP contribution < -0.4 is 10.6 Å². The fourth-order valence-corrected chi connectivity index (χ4v) is 1.97. The third-order valence-electron chi connectivity index (χ3n) is 2.77. The van der Waals surface area contributed by atoms with E-state index in [4.69, 9.17) is 4.52 Å². The molecule has 1 aromatic heterocycles. The molecule has 2 N–H and O–H groups in total. The van der Waals surface area contributed by atoms with Crippen molar-refractivity contribution in [2.45, 2.75) is 46.7 Å². The molecule has 0 bridgehead atoms. The van der Waals surface area contributed by atoms with Crippen molar-refractivity contribution < 1.29 is 9.32 Å². The lowest BCUT2D eigenvalue weighted by Gasteiger charge is -2.19. The molecular formula is C12H21N3O2. The molecule has 0 saturated heterocycles. The van der Waals surface area contributed by atoms with E-state index in [1.165, 1.54) is 0 Å². The number of carbonyl (C=O) groups is 1. The molecule has 0 radical (unpaired) electrons. The summed E-state index contributed by atoms with van der Waals surface area (Å²) in [6, 6.07) is -0.197. The number of rotatable bonds is 5. The van der Waals surface area contributed by atoms with Crippen LogP contribution in [0, 0.1) is 13.8 Å². The van der Waals surface area contributed by atoms with Crippen LogP contribution >= 0.6 is 0 Å². The Morgan fingerprint density at radius 1 is 1.41 bits per heavy atom. The van der Waals surface area contributed by atoms with E-state index >= 15 is 0 Å². The van der Waals surface area contributed by atoms with E-state index in [0.29, 0.717) is 6.54 Å². The predicted octanol–water partition coefficient (Wildman–Crippen LogP) is 1.47. The summed E-state index contributed by atoms with van der Waals surface area (Å²) in [6.45, 7) is 10.2. The van der Waals surface area contributed by atoms with Crippen molar-refractivity contribution >= 4 is 5.91 Å². The zero-order valence-electron chi connectivity index (χ0n) is 11.1. The topological polar surface area (TPSA) is 67.2 Å². The van der Waals surface area contributed by atoms with Crippen LogP contribution in [0.5, 0.6) is 0 Å². The van der Waals surface area contributed by atoms with Gasteiger partial charge in [0, 0.05) is 18.2 Å². The van der Waals surface area contributed by atoms with Crippen LogP contribution in [0.1, 0.15) is 43.8 Å². The Labute approximate surface area is 102 Å². The smallest absolute Gasteiger partial charge is 0.236 e. The summed E-state index contributed by atoms with van der Waals surface area (Å²) in [7, 11) is 0. The molecule has 5 heteroatoms. The number of amides is 1. The molecule has 0 aliphatic heterocycles. The number of aryl methyl sites for hydroxylation is 2. The van der Waals surface area contributed by atoms with Gasteiger partial charge in [-0.2, -0.15) is 0 Å². The third-order valence-corrected chi connectivity index (χ3v) is 2.77. The maximum absolute atomic E-state index is 11.6. The van der Waals surface area contributed by atoms with E-state index in [2.05, 4.69) is 15.8 Å². The van der Waals surface area contributed by atoms with Crippen LogP contribution in [0.3, 0.4) is 0 Å². The number of hydrogen-bond donors (Lipinski definition) is 2. The van der Waals surface area contributed by atoms with Crippen molar-refractivity contribution in [2.75, 3.05) is 6.54 Å². The first kappa shape index (κ1) is 13.7. The summed E-state index contributed by atoms with van der Waals surface area (Å²) in [4.78, 5) is 11.6. The normalized spacial score (nSPS) is 14.4. The van der Waals surface area contributed by atoms with Crippen LogP contribution in [0.2, 0.25) is 0 Å². The number of nitrogens with one attached hydrogen (secondary N) is 2. The van der Waals surface area contributed by atoms with Gasteiger partial charge in [-0.15, -0.1) is 0 Å². The summed E-state index contributed by atoms with van der Waals surface area (Å²) in [6.07, 6.45) is 0. The molecule has 2 unspecified atom stereocenters. The molecular weight excluding hydrogens is 218 g/mol. The van der Waals surface area contributed by atoms with E-state index < -0.39 is 0 Å². The highest BCUT2D eigenvalue weighted by molar-refractivity contribution is 5.81. The quantitative estimate of drug-likeness (QED) is 0.816. The maximum Gasteiger partial charge on any atom is 0.236 e. The molecule has 0 aliphatic rings. The van der Waals surface area contributed by atoms with Gasteiger partial charge < -0.3 is 9.84 Å². The molecule has 17 heavy (non-hydrogen) atoms. The molecule has 0 spiro atoms. The van der Waals surface area contributed by atoms with Gasteiger partial charge in [0.15, 0.2) is 0 Å². The average molecular weight is 239 g/mol. The van der Waals surface area contributed by atoms with E-state index in [1.54, 1.807) is 0 Å². The highest BCUT2D eigenvalue weighted by Gasteiger charge is 2.20. The average Bonchev–Trinajstić information content (AvgIpc) is 2.58. The Hall–Kier alpha value is -1.36. The number of hydrogen-bond acceptors (Lipinski definition) is 4. The van der Waals surface area contributed by atoms with Gasteiger partial charge >= 0.3 is 0 Å². The lowest BCUT2D eigenvalue weighted by molar-refractivity contribution is -0.122. The molecule has 96 valence electrons. The van der Waals surface area contributed by atoms with E-state index in [0.717, 1.165) is 17.0 Å². The molecule has 0 saturated carbocycles. The van der Waals surface area contributed by atoms with Gasteiger partial charge in [-0.05, 0) is 34.6 Å². The highest BCUT2D eigenvalue weighted by atomic mass is 16.5. The van der Waals surface area contributed by atoms with Crippen LogP contribution in [0.25, 0.3) is 0 Å². The molecule has 0 fully saturated rings. The fraction of sp³-hybridized carbons (Fsp3) is 0.667. The van der Waals surface area contributed by atoms with Gasteiger partial charge in [0.05, 0.1) is 11.7 Å². The second-order valence-corrected chi connectivity index (χ2v) is 4.24. The SMILES string of the molecule is CCNC(=O)C(C)NC(C)c1c(C)noc1C. The van der Waals surface area contributed by atoms with Gasteiger partial charge in [-0.25, -0.2) is 0 Å². The van der Waals surface area contributed by atoms with Gasteiger partial charge in [-0.1, -0.05) is 5.16 Å². The van der Waals surface area contributed by atoms with Crippen molar-refractivity contribution in [1.29, 1.82) is 0 Å². The summed E-state index contributed by atoms with van der Waals surface area (Å²) >= 11 is 0. The minimum absolute atomic E-state index is 0.00566. The summed E-state index contributed by atoms with van der Waals surface area (Å²) in [5, 5.41) is 9.93. The number of aromatic nitrogens is 1. The molecule has 0 aliphatic carbocycles. The van der Waals surface area contributed by atoms with Crippen molar-refractivity contribution in [3.8, 4) is 0 Å². The summed E-state index contributed by atoms with van der Waals surface area (Å²) in [5.74, 6) is 0.803. The van der Waals surface area contributed by atoms with Crippen LogP contribution in [-0.2, 0) is 4.79 Å². The standard InChI is InChI=1S/C12H21N3O2/c1-6-13-12(16)9(4)14-7(2)11-8(3)15-17-10(11)5/h7,9,14H,6H2,1-5H3,(H,13,16). The van der Waals surface area contributed by atoms with E-state index in [9.17, 15) is 4.79 Å². The molecule has 2 atom stereocenters. The van der Waals surface area contributed by atoms with Crippen LogP contribution in [0.4, 0.5) is 0 Å². The number of nitrogens with zero attached hydrogens (tertiary/aromatic N) is 1. The molecule has 1 amide bonds. The van der Waals surface area contributed by atoms with Gasteiger partial charge in [0.1, 0.15) is 5.76 Å². The molecule has 0 aromatic carbocycles. The van der Waals surface area contributed by atoms with Gasteiger partial charge in [0.25, 0.3) is 0 Å². The Morgan fingerprint density at radius 3 is 2.53 bits per heavy atom. The first-order chi connectivity index (χ1) is 7.97. The Bertz CT molecular complexity index is 368. The molecule has 5 nitrogen and oxygen atoms in total. The zero-order valence-corrected chi connectivity index (χ0v) is 11.1. The zero-order chi connectivity index (χ0) is 13.0.